The molecule has 198 valence electrons. The van der Waals surface area contributed by atoms with Crippen LogP contribution in [-0.4, -0.2) is 99.6 Å². The number of rotatable bonds is 4. The van der Waals surface area contributed by atoms with Gasteiger partial charge in [0.25, 0.3) is 5.91 Å². The first kappa shape index (κ1) is 27.9. The van der Waals surface area contributed by atoms with E-state index in [1.807, 2.05) is 0 Å². The molecule has 2 saturated heterocycles. The molecule has 0 aromatic heterocycles. The maximum Gasteiger partial charge on any atom is 0.490 e. The molecule has 2 heterocycles. The molecular formula is C16H17F3N6O10S. The maximum absolute atomic E-state index is 12.3. The lowest BCUT2D eigenvalue weighted by Gasteiger charge is -2.34. The summed E-state index contributed by atoms with van der Waals surface area (Å²) in [4.78, 5) is 57.2. The number of halogens is 3. The first-order valence-electron chi connectivity index (χ1n) is 9.31. The van der Waals surface area contributed by atoms with E-state index >= 15 is 0 Å². The van der Waals surface area contributed by atoms with Crippen molar-refractivity contribution in [2.75, 3.05) is 19.6 Å². The van der Waals surface area contributed by atoms with Gasteiger partial charge in [0.1, 0.15) is 6.04 Å². The van der Waals surface area contributed by atoms with Crippen LogP contribution in [0.25, 0.3) is 0 Å². The molecule has 0 saturated carbocycles. The van der Waals surface area contributed by atoms with Crippen molar-refractivity contribution in [2.24, 2.45) is 5.73 Å². The van der Waals surface area contributed by atoms with Gasteiger partial charge in [-0.15, -0.1) is 0 Å². The number of benzene rings is 1. The van der Waals surface area contributed by atoms with Crippen LogP contribution in [-0.2, 0) is 19.8 Å². The summed E-state index contributed by atoms with van der Waals surface area (Å²) >= 11 is 0. The van der Waals surface area contributed by atoms with Crippen molar-refractivity contribution >= 4 is 40.1 Å². The van der Waals surface area contributed by atoms with Gasteiger partial charge in [-0.2, -0.15) is 21.6 Å². The Labute approximate surface area is 198 Å². The van der Waals surface area contributed by atoms with Gasteiger partial charge in [0.15, 0.2) is 11.5 Å². The third-order valence-electron chi connectivity index (χ3n) is 4.40. The standard InChI is InChI=1S/C14H16N6O8S.C2HF3O2/c15-8-6-18(12(8)24)13(25)17-29(27,28)20-4-3-19(14(20)26)16-11(23)7-1-2-9(21)10(22)5-7;3-2(4,5)1(6)7/h1-2,5,8,21-22H,3-4,6,15H2,(H,16,23)(H,17,25);(H,6,7)/t8-;/m0./s1. The van der Waals surface area contributed by atoms with E-state index in [4.69, 9.17) is 15.6 Å². The lowest BCUT2D eigenvalue weighted by molar-refractivity contribution is -0.192. The van der Waals surface area contributed by atoms with Gasteiger partial charge in [0.05, 0.1) is 19.6 Å². The Balaban J connectivity index is 0.000000572. The Hall–Kier alpha value is -4.33. The number of hydrogen-bond donors (Lipinski definition) is 6. The molecule has 0 unspecified atom stereocenters. The number of nitrogens with zero attached hydrogens (tertiary/aromatic N) is 3. The molecule has 2 fully saturated rings. The predicted octanol–water partition coefficient (Wildman–Crippen LogP) is -1.76. The molecule has 2 aliphatic rings. The zero-order chi connectivity index (χ0) is 27.6. The fourth-order valence-electron chi connectivity index (χ4n) is 2.55. The van der Waals surface area contributed by atoms with Gasteiger partial charge in [-0.1, -0.05) is 0 Å². The summed E-state index contributed by atoms with van der Waals surface area (Å²) in [6.45, 7) is -0.761. The summed E-state index contributed by atoms with van der Waals surface area (Å²) in [6.07, 6.45) is -5.08. The van der Waals surface area contributed by atoms with Crippen LogP contribution in [0.1, 0.15) is 10.4 Å². The molecule has 36 heavy (non-hydrogen) atoms. The zero-order valence-electron chi connectivity index (χ0n) is 17.6. The summed E-state index contributed by atoms with van der Waals surface area (Å²) in [5, 5.41) is 26.5. The molecule has 0 radical (unpaired) electrons. The molecule has 2 aliphatic heterocycles. The summed E-state index contributed by atoms with van der Waals surface area (Å²) in [6, 6.07) is -0.0872. The molecular weight excluding hydrogens is 525 g/mol. The number of aliphatic carboxylic acids is 1. The van der Waals surface area contributed by atoms with Gasteiger partial charge in [-0.25, -0.2) is 28.4 Å². The van der Waals surface area contributed by atoms with Gasteiger partial charge in [-0.3, -0.25) is 19.9 Å². The quantitative estimate of drug-likeness (QED) is 0.184. The highest BCUT2D eigenvalue weighted by atomic mass is 32.2. The Morgan fingerprint density at radius 2 is 1.67 bits per heavy atom. The van der Waals surface area contributed by atoms with Crippen molar-refractivity contribution in [2.45, 2.75) is 12.2 Å². The van der Waals surface area contributed by atoms with Crippen LogP contribution >= 0.6 is 0 Å². The summed E-state index contributed by atoms with van der Waals surface area (Å²) in [5.41, 5.74) is 7.38. The Kier molecular flexibility index (Phi) is 7.84. The fourth-order valence-corrected chi connectivity index (χ4v) is 3.62. The molecule has 20 heteroatoms. The highest BCUT2D eigenvalue weighted by molar-refractivity contribution is 7.88. The van der Waals surface area contributed by atoms with Crippen LogP contribution in [0.2, 0.25) is 0 Å². The average molecular weight is 542 g/mol. The number of amides is 6. The largest absolute Gasteiger partial charge is 0.504 e. The minimum atomic E-state index is -5.08. The number of hydrogen-bond acceptors (Lipinski definition) is 10. The van der Waals surface area contributed by atoms with E-state index in [9.17, 15) is 51.0 Å². The van der Waals surface area contributed by atoms with Gasteiger partial charge >= 0.3 is 34.4 Å². The van der Waals surface area contributed by atoms with E-state index < -0.39 is 63.8 Å². The number of phenolic OH excluding ortho intramolecular Hbond substituents is 2. The van der Waals surface area contributed by atoms with Crippen molar-refractivity contribution < 1.29 is 60.9 Å². The van der Waals surface area contributed by atoms with Gasteiger partial charge in [0, 0.05) is 5.56 Å². The van der Waals surface area contributed by atoms with E-state index in [0.717, 1.165) is 12.1 Å². The molecule has 16 nitrogen and oxygen atoms in total. The number of urea groups is 2. The van der Waals surface area contributed by atoms with Crippen molar-refractivity contribution in [3.8, 4) is 11.5 Å². The number of hydrazine groups is 1. The van der Waals surface area contributed by atoms with Crippen LogP contribution < -0.4 is 15.9 Å². The second kappa shape index (κ2) is 10.1. The number of carbonyl (C=O) groups excluding carboxylic acids is 4. The Bertz CT molecular complexity index is 1210. The van der Waals surface area contributed by atoms with E-state index in [2.05, 4.69) is 5.43 Å². The van der Waals surface area contributed by atoms with Crippen LogP contribution in [0.15, 0.2) is 18.2 Å². The zero-order valence-corrected chi connectivity index (χ0v) is 18.4. The third kappa shape index (κ3) is 6.21. The van der Waals surface area contributed by atoms with Gasteiger partial charge < -0.3 is 21.1 Å². The number of aromatic hydroxyl groups is 2. The SMILES string of the molecule is N[C@H]1CN(C(=O)NS(=O)(=O)N2CCN(NC(=O)c3ccc(O)c(O)c3)C2=O)C1=O.O=C(O)C(F)(F)F. The smallest absolute Gasteiger partial charge is 0.490 e. The van der Waals surface area contributed by atoms with Crippen LogP contribution in [0, 0.1) is 0 Å². The van der Waals surface area contributed by atoms with Crippen molar-refractivity contribution in [1.29, 1.82) is 0 Å². The lowest BCUT2D eigenvalue weighted by atomic mass is 10.1. The van der Waals surface area contributed by atoms with E-state index in [1.165, 1.54) is 6.07 Å². The van der Waals surface area contributed by atoms with Crippen molar-refractivity contribution in [3.05, 3.63) is 23.8 Å². The number of β-lactam (4-membered cyclic amide) rings is 1. The molecule has 1 aromatic carbocycles. The molecule has 7 N–H and O–H groups in total. The minimum Gasteiger partial charge on any atom is -0.504 e. The summed E-state index contributed by atoms with van der Waals surface area (Å²) < 4.78 is 58.2. The molecule has 0 bridgehead atoms. The van der Waals surface area contributed by atoms with E-state index in [-0.39, 0.29) is 25.2 Å². The number of nitrogens with one attached hydrogen (secondary N) is 2. The molecule has 1 atom stereocenters. The molecule has 0 aliphatic carbocycles. The highest BCUT2D eigenvalue weighted by Crippen LogP contribution is 2.25. The topological polar surface area (TPSA) is 240 Å². The molecule has 0 spiro atoms. The fraction of sp³-hybridized carbons (Fsp3) is 0.312. The second-order valence-corrected chi connectivity index (χ2v) is 8.52. The van der Waals surface area contributed by atoms with Crippen molar-refractivity contribution in [3.63, 3.8) is 0 Å². The molecule has 1 aromatic rings. The van der Waals surface area contributed by atoms with Crippen LogP contribution in [0.5, 0.6) is 11.5 Å². The van der Waals surface area contributed by atoms with E-state index in [0.29, 0.717) is 14.2 Å². The predicted molar refractivity (Wildman–Crippen MR) is 107 cm³/mol. The Morgan fingerprint density at radius 1 is 1.08 bits per heavy atom. The monoisotopic (exact) mass is 542 g/mol. The maximum atomic E-state index is 12.3. The van der Waals surface area contributed by atoms with Crippen LogP contribution in [0.4, 0.5) is 22.8 Å². The number of carbonyl (C=O) groups is 5. The first-order chi connectivity index (χ1) is 16.5. The second-order valence-electron chi connectivity index (χ2n) is 6.92. The van der Waals surface area contributed by atoms with Crippen molar-refractivity contribution in [1.82, 2.24) is 24.4 Å². The number of carboxylic acids is 1. The molecule has 6 amide bonds. The van der Waals surface area contributed by atoms with Crippen LogP contribution in [0.3, 0.4) is 0 Å². The molecule has 3 rings (SSSR count). The summed E-state index contributed by atoms with van der Waals surface area (Å²) in [7, 11) is -4.63. The Morgan fingerprint density at radius 3 is 2.14 bits per heavy atom. The van der Waals surface area contributed by atoms with Gasteiger partial charge in [0.2, 0.25) is 5.91 Å². The minimum absolute atomic E-state index is 0.102. The lowest BCUT2D eigenvalue weighted by Crippen LogP contribution is -2.66. The average Bonchev–Trinajstić information content (AvgIpc) is 3.13. The van der Waals surface area contributed by atoms with Gasteiger partial charge in [-0.05, 0) is 18.2 Å². The van der Waals surface area contributed by atoms with E-state index in [1.54, 1.807) is 4.72 Å². The number of nitrogens with two attached hydrogens (primary N) is 1. The first-order valence-corrected chi connectivity index (χ1v) is 10.8. The number of imide groups is 1. The normalized spacial score (nSPS) is 17.7. The number of phenols is 2. The highest BCUT2D eigenvalue weighted by Gasteiger charge is 2.43. The third-order valence-corrected chi connectivity index (χ3v) is 5.75. The number of carboxylic acid groups (broad SMARTS) is 1. The summed E-state index contributed by atoms with van der Waals surface area (Å²) in [5.74, 6) is -5.37. The number of likely N-dealkylation sites (tertiary alicyclic amines) is 1. The number of alkyl halides is 3.